The molecular weight excluding hydrogens is 300 g/mol. The lowest BCUT2D eigenvalue weighted by molar-refractivity contribution is 0.0225. The molecule has 3 aliphatic heterocycles. The van der Waals surface area contributed by atoms with Crippen molar-refractivity contribution in [2.75, 3.05) is 72.2 Å². The quantitative estimate of drug-likeness (QED) is 0.623. The summed E-state index contributed by atoms with van der Waals surface area (Å²) in [5.41, 5.74) is 0. The van der Waals surface area contributed by atoms with Crippen molar-refractivity contribution in [3.8, 4) is 0 Å². The minimum atomic E-state index is 0.0316. The second-order valence-electron chi connectivity index (χ2n) is 6.25. The Morgan fingerprint density at radius 2 is 1.26 bits per heavy atom. The summed E-state index contributed by atoms with van der Waals surface area (Å²) < 4.78 is 10.6. The van der Waals surface area contributed by atoms with E-state index in [1.807, 2.05) is 26.5 Å². The molecule has 8 heteroatoms. The Kier molecular flexibility index (Phi) is 5.22. The number of morpholine rings is 2. The molecule has 3 fully saturated rings. The lowest BCUT2D eigenvalue weighted by Crippen LogP contribution is -2.61. The largest absolute Gasteiger partial charge is 0.378 e. The van der Waals surface area contributed by atoms with Crippen LogP contribution in [0.25, 0.3) is 0 Å². The molecule has 3 aliphatic rings. The van der Waals surface area contributed by atoms with Crippen LogP contribution in [0.2, 0.25) is 0 Å². The Bertz CT molecular complexity index is 435. The molecule has 8 nitrogen and oxygen atoms in total. The summed E-state index contributed by atoms with van der Waals surface area (Å²) in [6.45, 7) is 8.82. The summed E-state index contributed by atoms with van der Waals surface area (Å²) in [5, 5.41) is 0. The first-order valence-corrected chi connectivity index (χ1v) is 8.41. The first-order chi connectivity index (χ1) is 11.2. The standard InChI is InChI=1S/C15H26N4O4/c1-13-12-18(14(20)16-4-8-22-9-5-16)2-3-19(13)15(21)17-6-10-23-11-7-17/h13H,2-12H2,1H3/t13-/m1/s1. The van der Waals surface area contributed by atoms with Crippen molar-refractivity contribution < 1.29 is 19.1 Å². The Morgan fingerprint density at radius 3 is 1.78 bits per heavy atom. The summed E-state index contributed by atoms with van der Waals surface area (Å²) in [4.78, 5) is 32.6. The van der Waals surface area contributed by atoms with Crippen molar-refractivity contribution in [2.45, 2.75) is 13.0 Å². The van der Waals surface area contributed by atoms with E-state index in [0.717, 1.165) is 0 Å². The van der Waals surface area contributed by atoms with E-state index in [1.165, 1.54) is 0 Å². The lowest BCUT2D eigenvalue weighted by Gasteiger charge is -2.44. The molecule has 3 saturated heterocycles. The number of carbonyl (C=O) groups is 2. The number of amides is 4. The molecule has 0 bridgehead atoms. The van der Waals surface area contributed by atoms with Gasteiger partial charge in [0.2, 0.25) is 0 Å². The fourth-order valence-corrected chi connectivity index (χ4v) is 3.31. The molecule has 0 aromatic heterocycles. The second-order valence-corrected chi connectivity index (χ2v) is 6.25. The number of piperazine rings is 1. The van der Waals surface area contributed by atoms with E-state index < -0.39 is 0 Å². The third-order valence-electron chi connectivity index (χ3n) is 4.71. The summed E-state index contributed by atoms with van der Waals surface area (Å²) in [6, 6.07) is 0.168. The zero-order valence-corrected chi connectivity index (χ0v) is 13.8. The Morgan fingerprint density at radius 1 is 0.739 bits per heavy atom. The average molecular weight is 326 g/mol. The van der Waals surface area contributed by atoms with E-state index in [-0.39, 0.29) is 18.1 Å². The zero-order chi connectivity index (χ0) is 16.2. The second kappa shape index (κ2) is 7.35. The van der Waals surface area contributed by atoms with Gasteiger partial charge in [-0.25, -0.2) is 9.59 Å². The highest BCUT2D eigenvalue weighted by atomic mass is 16.5. The van der Waals surface area contributed by atoms with E-state index in [1.54, 1.807) is 0 Å². The van der Waals surface area contributed by atoms with E-state index in [9.17, 15) is 9.59 Å². The van der Waals surface area contributed by atoms with Crippen LogP contribution in [-0.4, -0.2) is 110 Å². The summed E-state index contributed by atoms with van der Waals surface area (Å²) >= 11 is 0. The number of urea groups is 2. The molecule has 4 amide bonds. The third kappa shape index (κ3) is 3.69. The van der Waals surface area contributed by atoms with E-state index >= 15 is 0 Å². The maximum atomic E-state index is 12.6. The van der Waals surface area contributed by atoms with Gasteiger partial charge in [-0.1, -0.05) is 0 Å². The van der Waals surface area contributed by atoms with Crippen LogP contribution in [-0.2, 0) is 9.47 Å². The third-order valence-corrected chi connectivity index (χ3v) is 4.71. The first kappa shape index (κ1) is 16.3. The highest BCUT2D eigenvalue weighted by Crippen LogP contribution is 2.15. The van der Waals surface area contributed by atoms with Crippen molar-refractivity contribution in [3.05, 3.63) is 0 Å². The van der Waals surface area contributed by atoms with Crippen LogP contribution in [0.1, 0.15) is 6.92 Å². The lowest BCUT2D eigenvalue weighted by atomic mass is 10.2. The topological polar surface area (TPSA) is 65.6 Å². The van der Waals surface area contributed by atoms with Crippen LogP contribution in [0.15, 0.2) is 0 Å². The number of nitrogens with zero attached hydrogens (tertiary/aromatic N) is 4. The van der Waals surface area contributed by atoms with Crippen molar-refractivity contribution in [1.82, 2.24) is 19.6 Å². The van der Waals surface area contributed by atoms with Crippen LogP contribution in [0.5, 0.6) is 0 Å². The first-order valence-electron chi connectivity index (χ1n) is 8.41. The van der Waals surface area contributed by atoms with Crippen LogP contribution in [0.3, 0.4) is 0 Å². The summed E-state index contributed by atoms with van der Waals surface area (Å²) in [5.74, 6) is 0. The van der Waals surface area contributed by atoms with Gasteiger partial charge in [0, 0.05) is 51.9 Å². The minimum absolute atomic E-state index is 0.0316. The SMILES string of the molecule is C[C@@H]1CN(C(=O)N2CCOCC2)CCN1C(=O)N1CCOCC1. The van der Waals surface area contributed by atoms with Gasteiger partial charge in [-0.2, -0.15) is 0 Å². The van der Waals surface area contributed by atoms with Gasteiger partial charge in [0.05, 0.1) is 26.4 Å². The molecule has 0 radical (unpaired) electrons. The maximum absolute atomic E-state index is 12.6. The molecule has 0 N–H and O–H groups in total. The van der Waals surface area contributed by atoms with E-state index in [2.05, 4.69) is 0 Å². The normalized spacial score (nSPS) is 26.4. The monoisotopic (exact) mass is 326 g/mol. The molecule has 3 rings (SSSR count). The van der Waals surface area contributed by atoms with Crippen molar-refractivity contribution in [3.63, 3.8) is 0 Å². The van der Waals surface area contributed by atoms with Gasteiger partial charge in [0.25, 0.3) is 0 Å². The predicted molar refractivity (Wildman–Crippen MR) is 83.3 cm³/mol. The van der Waals surface area contributed by atoms with Gasteiger partial charge in [-0.05, 0) is 6.92 Å². The molecule has 0 aromatic rings. The summed E-state index contributed by atoms with van der Waals surface area (Å²) in [6.07, 6.45) is 0. The number of ether oxygens (including phenoxy) is 2. The van der Waals surface area contributed by atoms with E-state index in [0.29, 0.717) is 72.2 Å². The van der Waals surface area contributed by atoms with Crippen molar-refractivity contribution >= 4 is 12.1 Å². The molecule has 23 heavy (non-hydrogen) atoms. The fraction of sp³-hybridized carbons (Fsp3) is 0.867. The summed E-state index contributed by atoms with van der Waals surface area (Å²) in [7, 11) is 0. The highest BCUT2D eigenvalue weighted by Gasteiger charge is 2.34. The van der Waals surface area contributed by atoms with Gasteiger partial charge in [0.1, 0.15) is 0 Å². The fourth-order valence-electron chi connectivity index (χ4n) is 3.31. The van der Waals surface area contributed by atoms with Crippen LogP contribution in [0.4, 0.5) is 9.59 Å². The van der Waals surface area contributed by atoms with Gasteiger partial charge in [0.15, 0.2) is 0 Å². The predicted octanol–water partition coefficient (Wildman–Crippen LogP) is -0.103. The number of hydrogen-bond donors (Lipinski definition) is 0. The molecule has 0 unspecified atom stereocenters. The molecular formula is C15H26N4O4. The molecule has 1 atom stereocenters. The van der Waals surface area contributed by atoms with Crippen LogP contribution in [0, 0.1) is 0 Å². The Balaban J connectivity index is 1.54. The minimum Gasteiger partial charge on any atom is -0.378 e. The maximum Gasteiger partial charge on any atom is 0.320 e. The number of hydrogen-bond acceptors (Lipinski definition) is 4. The van der Waals surface area contributed by atoms with E-state index in [4.69, 9.17) is 9.47 Å². The molecule has 0 spiro atoms. The smallest absolute Gasteiger partial charge is 0.320 e. The van der Waals surface area contributed by atoms with Gasteiger partial charge in [-0.3, -0.25) is 0 Å². The molecule has 130 valence electrons. The molecule has 0 saturated carbocycles. The molecule has 0 aliphatic carbocycles. The average Bonchev–Trinajstić information content (AvgIpc) is 2.62. The van der Waals surface area contributed by atoms with Gasteiger partial charge >= 0.3 is 12.1 Å². The van der Waals surface area contributed by atoms with Gasteiger partial charge in [-0.15, -0.1) is 0 Å². The Labute approximate surface area is 136 Å². The Hall–Kier alpha value is -1.54. The zero-order valence-electron chi connectivity index (χ0n) is 13.8. The van der Waals surface area contributed by atoms with Gasteiger partial charge < -0.3 is 29.1 Å². The number of rotatable bonds is 0. The number of carbonyl (C=O) groups excluding carboxylic acids is 2. The van der Waals surface area contributed by atoms with Crippen molar-refractivity contribution in [1.29, 1.82) is 0 Å². The van der Waals surface area contributed by atoms with Crippen LogP contribution >= 0.6 is 0 Å². The molecule has 0 aromatic carbocycles. The van der Waals surface area contributed by atoms with Crippen molar-refractivity contribution in [2.24, 2.45) is 0 Å². The highest BCUT2D eigenvalue weighted by molar-refractivity contribution is 5.77. The van der Waals surface area contributed by atoms with Crippen LogP contribution < -0.4 is 0 Å². The molecule has 3 heterocycles.